The van der Waals surface area contributed by atoms with Gasteiger partial charge in [-0.25, -0.2) is 0 Å². The molecule has 1 rings (SSSR count). The Balaban J connectivity index is 0.00000121. The van der Waals surface area contributed by atoms with E-state index >= 15 is 0 Å². The van der Waals surface area contributed by atoms with Crippen LogP contribution in [0.15, 0.2) is 0 Å². The van der Waals surface area contributed by atoms with Crippen LogP contribution in [0, 0.1) is 5.92 Å². The molecule has 70 valence electrons. The monoisotopic (exact) mass is 172 g/mol. The lowest BCUT2D eigenvalue weighted by atomic mass is 9.85. The summed E-state index contributed by atoms with van der Waals surface area (Å²) in [6.07, 6.45) is 5.31. The molecule has 0 saturated heterocycles. The van der Waals surface area contributed by atoms with Crippen LogP contribution < -0.4 is 0 Å². The summed E-state index contributed by atoms with van der Waals surface area (Å²) in [6, 6.07) is 0. The molecule has 0 radical (unpaired) electrons. The van der Waals surface area contributed by atoms with Crippen LogP contribution in [0.2, 0.25) is 0 Å². The topological polar surface area (TPSA) is 65.6 Å². The molecule has 0 aromatic rings. The van der Waals surface area contributed by atoms with Crippen LogP contribution in [-0.2, 0) is 9.59 Å². The molecule has 0 aromatic heterocycles. The van der Waals surface area contributed by atoms with Crippen molar-refractivity contribution in [3.8, 4) is 0 Å². The Bertz CT molecular complexity index is 169. The van der Waals surface area contributed by atoms with Crippen molar-refractivity contribution in [3.05, 3.63) is 0 Å². The maximum absolute atomic E-state index is 11.1. The van der Waals surface area contributed by atoms with Gasteiger partial charge in [0.15, 0.2) is 5.78 Å². The first-order valence-electron chi connectivity index (χ1n) is 4.26. The van der Waals surface area contributed by atoms with E-state index in [0.29, 0.717) is 0 Å². The Morgan fingerprint density at radius 3 is 2.00 bits per heavy atom. The Morgan fingerprint density at radius 2 is 1.58 bits per heavy atom. The lowest BCUT2D eigenvalue weighted by Gasteiger charge is -2.18. The SMILES string of the molecule is CC(=O)C(=O)C1CCCCC1.O. The zero-order chi connectivity index (χ0) is 8.27. The van der Waals surface area contributed by atoms with Crippen molar-refractivity contribution in [3.63, 3.8) is 0 Å². The van der Waals surface area contributed by atoms with Gasteiger partial charge in [0.2, 0.25) is 5.78 Å². The predicted octanol–water partition coefficient (Wildman–Crippen LogP) is 0.900. The molecule has 1 aliphatic carbocycles. The first-order valence-corrected chi connectivity index (χ1v) is 4.26. The second-order valence-corrected chi connectivity index (χ2v) is 3.26. The molecule has 1 aliphatic rings. The number of Topliss-reactive ketones (excluding diaryl/α,β-unsaturated/α-hetero) is 2. The van der Waals surface area contributed by atoms with E-state index in [1.165, 1.54) is 13.3 Å². The van der Waals surface area contributed by atoms with Crippen molar-refractivity contribution >= 4 is 11.6 Å². The number of rotatable bonds is 2. The van der Waals surface area contributed by atoms with Gasteiger partial charge in [-0.3, -0.25) is 9.59 Å². The summed E-state index contributed by atoms with van der Waals surface area (Å²) in [4.78, 5) is 21.8. The Kier molecular flexibility index (Phi) is 4.74. The Labute approximate surface area is 72.5 Å². The van der Waals surface area contributed by atoms with Crippen molar-refractivity contribution in [1.82, 2.24) is 0 Å². The second kappa shape index (κ2) is 5.04. The molecule has 3 nitrogen and oxygen atoms in total. The van der Waals surface area contributed by atoms with Gasteiger partial charge in [0.05, 0.1) is 0 Å². The molecule has 0 atom stereocenters. The lowest BCUT2D eigenvalue weighted by molar-refractivity contribution is -0.138. The minimum Gasteiger partial charge on any atom is -0.412 e. The van der Waals surface area contributed by atoms with E-state index in [0.717, 1.165) is 25.7 Å². The summed E-state index contributed by atoms with van der Waals surface area (Å²) >= 11 is 0. The zero-order valence-corrected chi connectivity index (χ0v) is 7.43. The van der Waals surface area contributed by atoms with Crippen molar-refractivity contribution in [2.24, 2.45) is 5.92 Å². The average molecular weight is 172 g/mol. The molecule has 1 saturated carbocycles. The maximum atomic E-state index is 11.1. The van der Waals surface area contributed by atoms with Crippen LogP contribution >= 0.6 is 0 Å². The second-order valence-electron chi connectivity index (χ2n) is 3.26. The molecule has 1 fully saturated rings. The molecular weight excluding hydrogens is 156 g/mol. The highest BCUT2D eigenvalue weighted by Crippen LogP contribution is 2.24. The summed E-state index contributed by atoms with van der Waals surface area (Å²) in [6.45, 7) is 1.37. The minimum absolute atomic E-state index is 0. The molecule has 0 aliphatic heterocycles. The van der Waals surface area contributed by atoms with Crippen LogP contribution in [0.1, 0.15) is 39.0 Å². The number of ketones is 2. The van der Waals surface area contributed by atoms with E-state index in [1.54, 1.807) is 0 Å². The van der Waals surface area contributed by atoms with Gasteiger partial charge >= 0.3 is 0 Å². The number of carbonyl (C=O) groups is 2. The molecule has 2 N–H and O–H groups in total. The number of hydrogen-bond acceptors (Lipinski definition) is 2. The minimum atomic E-state index is -0.267. The van der Waals surface area contributed by atoms with E-state index in [9.17, 15) is 9.59 Å². The summed E-state index contributed by atoms with van der Waals surface area (Å²) in [5, 5.41) is 0. The van der Waals surface area contributed by atoms with Gasteiger partial charge in [-0.15, -0.1) is 0 Å². The van der Waals surface area contributed by atoms with E-state index in [1.807, 2.05) is 0 Å². The first-order chi connectivity index (χ1) is 5.22. The van der Waals surface area contributed by atoms with E-state index in [-0.39, 0.29) is 23.0 Å². The maximum Gasteiger partial charge on any atom is 0.201 e. The van der Waals surface area contributed by atoms with Crippen molar-refractivity contribution < 1.29 is 15.1 Å². The van der Waals surface area contributed by atoms with Gasteiger partial charge in [0, 0.05) is 12.8 Å². The van der Waals surface area contributed by atoms with Crippen LogP contribution in [-0.4, -0.2) is 17.0 Å². The fourth-order valence-electron chi connectivity index (χ4n) is 1.65. The van der Waals surface area contributed by atoms with Gasteiger partial charge in [0.1, 0.15) is 0 Å². The number of carbonyl (C=O) groups excluding carboxylic acids is 2. The third-order valence-corrected chi connectivity index (χ3v) is 2.32. The predicted molar refractivity (Wildman–Crippen MR) is 45.9 cm³/mol. The van der Waals surface area contributed by atoms with Crippen molar-refractivity contribution in [2.75, 3.05) is 0 Å². The average Bonchev–Trinajstić information content (AvgIpc) is 2.05. The molecule has 0 aromatic carbocycles. The Morgan fingerprint density at radius 1 is 1.08 bits per heavy atom. The molecule has 0 unspecified atom stereocenters. The van der Waals surface area contributed by atoms with Gasteiger partial charge < -0.3 is 5.48 Å². The zero-order valence-electron chi connectivity index (χ0n) is 7.43. The summed E-state index contributed by atoms with van der Waals surface area (Å²) in [5.74, 6) is -0.358. The van der Waals surface area contributed by atoms with Gasteiger partial charge in [0.25, 0.3) is 0 Å². The normalized spacial score (nSPS) is 18.1. The van der Waals surface area contributed by atoms with E-state index in [4.69, 9.17) is 0 Å². The van der Waals surface area contributed by atoms with Crippen LogP contribution in [0.25, 0.3) is 0 Å². The molecule has 0 spiro atoms. The van der Waals surface area contributed by atoms with Gasteiger partial charge in [-0.2, -0.15) is 0 Å². The Hall–Kier alpha value is -0.700. The van der Waals surface area contributed by atoms with Crippen LogP contribution in [0.3, 0.4) is 0 Å². The lowest BCUT2D eigenvalue weighted by Crippen LogP contribution is -2.23. The quantitative estimate of drug-likeness (QED) is 0.581. The van der Waals surface area contributed by atoms with Crippen molar-refractivity contribution in [2.45, 2.75) is 39.0 Å². The highest BCUT2D eigenvalue weighted by molar-refractivity contribution is 6.37. The van der Waals surface area contributed by atoms with E-state index < -0.39 is 0 Å². The molecular formula is C9H16O3. The largest absolute Gasteiger partial charge is 0.412 e. The van der Waals surface area contributed by atoms with Crippen LogP contribution in [0.4, 0.5) is 0 Å². The molecule has 12 heavy (non-hydrogen) atoms. The summed E-state index contributed by atoms with van der Waals surface area (Å²) in [7, 11) is 0. The van der Waals surface area contributed by atoms with Crippen molar-refractivity contribution in [1.29, 1.82) is 0 Å². The summed E-state index contributed by atoms with van der Waals surface area (Å²) < 4.78 is 0. The highest BCUT2D eigenvalue weighted by Gasteiger charge is 2.23. The smallest absolute Gasteiger partial charge is 0.201 e. The molecule has 0 heterocycles. The fraction of sp³-hybridized carbons (Fsp3) is 0.778. The van der Waals surface area contributed by atoms with Crippen LogP contribution in [0.5, 0.6) is 0 Å². The molecule has 0 bridgehead atoms. The van der Waals surface area contributed by atoms with E-state index in [2.05, 4.69) is 0 Å². The third-order valence-electron chi connectivity index (χ3n) is 2.32. The number of hydrogen-bond donors (Lipinski definition) is 0. The molecule has 3 heteroatoms. The van der Waals surface area contributed by atoms with Gasteiger partial charge in [-0.05, 0) is 12.8 Å². The first kappa shape index (κ1) is 11.3. The standard InChI is InChI=1S/C9H14O2.H2O/c1-7(10)9(11)8-5-3-2-4-6-8;/h8H,2-6H2,1H3;1H2. The molecule has 0 amide bonds. The fourth-order valence-corrected chi connectivity index (χ4v) is 1.65. The van der Waals surface area contributed by atoms with Gasteiger partial charge in [-0.1, -0.05) is 19.3 Å². The summed E-state index contributed by atoms with van der Waals surface area (Å²) in [5.41, 5.74) is 0. The highest BCUT2D eigenvalue weighted by atomic mass is 16.2. The third kappa shape index (κ3) is 2.74.